The Morgan fingerprint density at radius 1 is 1.89 bits per heavy atom. The minimum absolute atomic E-state index is 0.152. The van der Waals surface area contributed by atoms with E-state index in [1.54, 1.807) is 11.3 Å². The van der Waals surface area contributed by atoms with Crippen molar-refractivity contribution in [1.82, 2.24) is 4.98 Å². The van der Waals surface area contributed by atoms with Crippen LogP contribution in [0.25, 0.3) is 0 Å². The summed E-state index contributed by atoms with van der Waals surface area (Å²) in [6.45, 7) is 1.94. The van der Waals surface area contributed by atoms with Crippen molar-refractivity contribution in [2.24, 2.45) is 0 Å². The third-order valence-electron chi connectivity index (χ3n) is 0.893. The summed E-state index contributed by atoms with van der Waals surface area (Å²) in [7, 11) is 0.152. The maximum Gasteiger partial charge on any atom is 0.161 e. The van der Waals surface area contributed by atoms with Crippen LogP contribution in [0.15, 0.2) is 5.38 Å². The molecule has 0 bridgehead atoms. The van der Waals surface area contributed by atoms with Crippen molar-refractivity contribution in [2.45, 2.75) is 13.1 Å². The van der Waals surface area contributed by atoms with E-state index in [1.165, 1.54) is 0 Å². The van der Waals surface area contributed by atoms with Gasteiger partial charge in [-0.05, 0) is 6.92 Å². The van der Waals surface area contributed by atoms with Crippen LogP contribution in [0.1, 0.15) is 10.7 Å². The van der Waals surface area contributed by atoms with Gasteiger partial charge in [0.2, 0.25) is 0 Å². The first-order valence-electron chi connectivity index (χ1n) is 2.53. The van der Waals surface area contributed by atoms with Crippen LogP contribution in [0.3, 0.4) is 0 Å². The second-order valence-corrected chi connectivity index (χ2v) is 3.28. The molecule has 2 nitrogen and oxygen atoms in total. The summed E-state index contributed by atoms with van der Waals surface area (Å²) in [5, 5.41) is 2.97. The molecule has 0 saturated carbocycles. The van der Waals surface area contributed by atoms with Gasteiger partial charge in [-0.15, -0.1) is 11.3 Å². The lowest BCUT2D eigenvalue weighted by molar-refractivity contribution is 0.598. The second-order valence-electron chi connectivity index (χ2n) is 1.65. The Hall–Kier alpha value is -0.270. The van der Waals surface area contributed by atoms with Gasteiger partial charge in [0, 0.05) is 5.38 Å². The Balaban J connectivity index is 2.72. The molecule has 9 heavy (non-hydrogen) atoms. The minimum atomic E-state index is 0.152. The van der Waals surface area contributed by atoms with E-state index in [4.69, 9.17) is 0 Å². The van der Waals surface area contributed by atoms with Crippen LogP contribution < -0.4 is 0 Å². The average molecular weight is 159 g/mol. The highest BCUT2D eigenvalue weighted by Crippen LogP contribution is 2.12. The molecule has 1 aromatic heterocycles. The molecule has 0 aliphatic heterocycles. The van der Waals surface area contributed by atoms with Crippen LogP contribution in [0, 0.1) is 6.92 Å². The van der Waals surface area contributed by atoms with Crippen molar-refractivity contribution in [3.63, 3.8) is 0 Å². The molecular formula is C5H6NOPS. The molecule has 0 fully saturated rings. The Bertz CT molecular complexity index is 210. The molecule has 0 N–H and O–H groups in total. The molecule has 48 valence electrons. The monoisotopic (exact) mass is 159 g/mol. The van der Waals surface area contributed by atoms with Crippen LogP contribution in [-0.2, 0) is 10.7 Å². The van der Waals surface area contributed by atoms with Crippen LogP contribution in [0.2, 0.25) is 0 Å². The summed E-state index contributed by atoms with van der Waals surface area (Å²) in [5.74, 6) is 0. The van der Waals surface area contributed by atoms with Crippen molar-refractivity contribution in [3.8, 4) is 0 Å². The highest BCUT2D eigenvalue weighted by molar-refractivity contribution is 7.22. The van der Waals surface area contributed by atoms with Crippen molar-refractivity contribution in [1.29, 1.82) is 0 Å². The summed E-state index contributed by atoms with van der Waals surface area (Å²) in [4.78, 5) is 4.11. The number of hydrogen-bond donors (Lipinski definition) is 0. The molecule has 0 unspecified atom stereocenters. The van der Waals surface area contributed by atoms with E-state index in [0.717, 1.165) is 10.7 Å². The van der Waals surface area contributed by atoms with Crippen LogP contribution >= 0.6 is 19.8 Å². The van der Waals surface area contributed by atoms with Crippen molar-refractivity contribution in [3.05, 3.63) is 16.1 Å². The van der Waals surface area contributed by atoms with Gasteiger partial charge in [0.1, 0.15) is 0 Å². The van der Waals surface area contributed by atoms with Gasteiger partial charge < -0.3 is 0 Å². The van der Waals surface area contributed by atoms with E-state index >= 15 is 0 Å². The highest BCUT2D eigenvalue weighted by Gasteiger charge is 1.95. The van der Waals surface area contributed by atoms with E-state index in [0.29, 0.717) is 6.16 Å². The Kier molecular flexibility index (Phi) is 2.31. The molecule has 4 heteroatoms. The summed E-state index contributed by atoms with van der Waals surface area (Å²) in [6, 6.07) is 0. The van der Waals surface area contributed by atoms with Gasteiger partial charge in [-0.3, -0.25) is 4.57 Å². The first-order valence-corrected chi connectivity index (χ1v) is 4.41. The van der Waals surface area contributed by atoms with Crippen molar-refractivity contribution >= 4 is 19.8 Å². The Morgan fingerprint density at radius 2 is 2.67 bits per heavy atom. The van der Waals surface area contributed by atoms with Crippen LogP contribution in [0.5, 0.6) is 0 Å². The summed E-state index contributed by atoms with van der Waals surface area (Å²) < 4.78 is 10.0. The lowest BCUT2D eigenvalue weighted by Crippen LogP contribution is -1.74. The van der Waals surface area contributed by atoms with Crippen LogP contribution in [-0.4, -0.2) is 4.98 Å². The lowest BCUT2D eigenvalue weighted by Gasteiger charge is -1.78. The summed E-state index contributed by atoms with van der Waals surface area (Å²) >= 11 is 1.59. The molecular weight excluding hydrogens is 153 g/mol. The fourth-order valence-corrected chi connectivity index (χ4v) is 1.58. The third-order valence-corrected chi connectivity index (χ3v) is 2.17. The quantitative estimate of drug-likeness (QED) is 0.619. The summed E-state index contributed by atoms with van der Waals surface area (Å²) in [5.41, 5.74) is 0.925. The second kappa shape index (κ2) is 3.04. The van der Waals surface area contributed by atoms with Crippen molar-refractivity contribution < 1.29 is 4.57 Å². The molecule has 1 aromatic rings. The first kappa shape index (κ1) is 6.84. The number of nitrogens with zero attached hydrogens (tertiary/aromatic N) is 1. The first-order chi connectivity index (χ1) is 4.33. The number of hydrogen-bond acceptors (Lipinski definition) is 3. The summed E-state index contributed by atoms with van der Waals surface area (Å²) in [6.07, 6.45) is 0.546. The molecule has 1 heterocycles. The van der Waals surface area contributed by atoms with Gasteiger partial charge in [-0.1, -0.05) is 0 Å². The van der Waals surface area contributed by atoms with Gasteiger partial charge in [0.05, 0.1) is 16.9 Å². The zero-order valence-corrected chi connectivity index (χ0v) is 6.71. The van der Waals surface area contributed by atoms with E-state index < -0.39 is 0 Å². The third kappa shape index (κ3) is 1.84. The Morgan fingerprint density at radius 3 is 3.11 bits per heavy atom. The zero-order valence-electron chi connectivity index (χ0n) is 5.00. The zero-order chi connectivity index (χ0) is 6.69. The van der Waals surface area contributed by atoms with E-state index in [9.17, 15) is 4.57 Å². The van der Waals surface area contributed by atoms with E-state index in [2.05, 4.69) is 4.98 Å². The van der Waals surface area contributed by atoms with Gasteiger partial charge >= 0.3 is 0 Å². The van der Waals surface area contributed by atoms with Gasteiger partial charge in [0.25, 0.3) is 0 Å². The molecule has 1 rings (SSSR count). The van der Waals surface area contributed by atoms with Crippen molar-refractivity contribution in [2.75, 3.05) is 0 Å². The lowest BCUT2D eigenvalue weighted by atomic mass is 10.6. The highest BCUT2D eigenvalue weighted by atomic mass is 32.1. The molecule has 0 aromatic carbocycles. The van der Waals surface area contributed by atoms with Gasteiger partial charge in [-0.2, -0.15) is 0 Å². The number of thiazole rings is 1. The van der Waals surface area contributed by atoms with E-state index in [1.807, 2.05) is 12.3 Å². The fraction of sp³-hybridized carbons (Fsp3) is 0.400. The number of rotatable bonds is 2. The molecule has 0 radical (unpaired) electrons. The van der Waals surface area contributed by atoms with Gasteiger partial charge in [0.15, 0.2) is 8.46 Å². The molecule has 0 spiro atoms. The molecule has 0 amide bonds. The normalized spacial score (nSPS) is 10.3. The standard InChI is InChI=1S/C5H6NOPS/c1-4-6-5(2-8-7)3-9-4/h3H,2H2,1H3. The molecule has 0 aliphatic carbocycles. The maximum absolute atomic E-state index is 10.0. The fourth-order valence-electron chi connectivity index (χ4n) is 0.547. The average Bonchev–Trinajstić information content (AvgIpc) is 2.17. The van der Waals surface area contributed by atoms with Gasteiger partial charge in [-0.25, -0.2) is 4.98 Å². The minimum Gasteiger partial charge on any atom is -0.275 e. The number of aryl methyl sites for hydroxylation is 1. The van der Waals surface area contributed by atoms with Crippen LogP contribution in [0.4, 0.5) is 0 Å². The largest absolute Gasteiger partial charge is 0.275 e. The predicted molar refractivity (Wildman–Crippen MR) is 38.2 cm³/mol. The van der Waals surface area contributed by atoms with E-state index in [-0.39, 0.29) is 8.46 Å². The SMILES string of the molecule is Cc1nc(CP=O)cs1. The number of aromatic nitrogens is 1. The molecule has 0 aliphatic rings. The molecule has 0 saturated heterocycles. The molecule has 0 atom stereocenters. The topological polar surface area (TPSA) is 30.0 Å². The maximum atomic E-state index is 10.0. The Labute approximate surface area is 59.1 Å². The predicted octanol–water partition coefficient (Wildman–Crippen LogP) is 2.24. The smallest absolute Gasteiger partial charge is 0.161 e.